The van der Waals surface area contributed by atoms with E-state index in [1.54, 1.807) is 0 Å². The molecule has 92 valence electrons. The summed E-state index contributed by atoms with van der Waals surface area (Å²) >= 11 is 0. The molecule has 1 atom stereocenters. The zero-order chi connectivity index (χ0) is 12.4. The first kappa shape index (κ1) is 12.0. The molecule has 1 saturated carbocycles. The third kappa shape index (κ3) is 3.00. The number of amides is 1. The van der Waals surface area contributed by atoms with Gasteiger partial charge in [0.05, 0.1) is 6.10 Å². The Morgan fingerprint density at radius 2 is 2.18 bits per heavy atom. The van der Waals surface area contributed by atoms with Crippen LogP contribution in [0.15, 0.2) is 18.2 Å². The Labute approximate surface area is 97.5 Å². The normalized spacial score (nSPS) is 16.6. The molecule has 2 rings (SSSR count). The predicted octanol–water partition coefficient (Wildman–Crippen LogP) is 1.52. The van der Waals surface area contributed by atoms with Crippen LogP contribution in [-0.4, -0.2) is 17.6 Å². The van der Waals surface area contributed by atoms with Crippen LogP contribution in [0.2, 0.25) is 0 Å². The summed E-state index contributed by atoms with van der Waals surface area (Å²) in [6, 6.07) is 2.87. The van der Waals surface area contributed by atoms with Crippen molar-refractivity contribution < 1.29 is 18.7 Å². The van der Waals surface area contributed by atoms with Crippen molar-refractivity contribution in [3.63, 3.8) is 0 Å². The number of carbonyl (C=O) groups excluding carboxylic acids is 1. The number of rotatable bonds is 4. The molecule has 2 N–H and O–H groups in total. The van der Waals surface area contributed by atoms with Crippen LogP contribution >= 0.6 is 0 Å². The molecule has 17 heavy (non-hydrogen) atoms. The molecule has 0 bridgehead atoms. The lowest BCUT2D eigenvalue weighted by Crippen LogP contribution is -2.29. The number of nitrogens with one attached hydrogen (secondary N) is 1. The number of hydrogen-bond donors (Lipinski definition) is 2. The van der Waals surface area contributed by atoms with Crippen molar-refractivity contribution in [1.29, 1.82) is 0 Å². The molecule has 1 unspecified atom stereocenters. The van der Waals surface area contributed by atoms with Crippen molar-refractivity contribution >= 4 is 5.91 Å². The highest BCUT2D eigenvalue weighted by molar-refractivity contribution is 5.80. The van der Waals surface area contributed by atoms with Crippen LogP contribution in [0, 0.1) is 17.6 Å². The molecule has 1 fully saturated rings. The molecule has 0 spiro atoms. The Morgan fingerprint density at radius 3 is 2.82 bits per heavy atom. The quantitative estimate of drug-likeness (QED) is 0.839. The van der Waals surface area contributed by atoms with Gasteiger partial charge in [-0.3, -0.25) is 4.79 Å². The van der Waals surface area contributed by atoms with Crippen molar-refractivity contribution in [2.24, 2.45) is 5.92 Å². The molecule has 0 saturated heterocycles. The molecule has 1 amide bonds. The van der Waals surface area contributed by atoms with Crippen molar-refractivity contribution in [1.82, 2.24) is 5.32 Å². The lowest BCUT2D eigenvalue weighted by atomic mass is 10.1. The summed E-state index contributed by atoms with van der Waals surface area (Å²) < 4.78 is 26.2. The second-order valence-electron chi connectivity index (χ2n) is 4.20. The van der Waals surface area contributed by atoms with Crippen LogP contribution in [0.25, 0.3) is 0 Å². The van der Waals surface area contributed by atoms with Crippen LogP contribution in [0.3, 0.4) is 0 Å². The summed E-state index contributed by atoms with van der Waals surface area (Å²) in [6.07, 6.45) is 0.486. The minimum absolute atomic E-state index is 0.0274. The second-order valence-corrected chi connectivity index (χ2v) is 4.20. The Kier molecular flexibility index (Phi) is 3.38. The Bertz CT molecular complexity index is 433. The SMILES string of the molecule is O=C(NCC(O)c1cc(F)ccc1F)C1CC1. The zero-order valence-electron chi connectivity index (χ0n) is 9.12. The lowest BCUT2D eigenvalue weighted by molar-refractivity contribution is -0.122. The molecule has 1 aromatic carbocycles. The highest BCUT2D eigenvalue weighted by atomic mass is 19.1. The van der Waals surface area contributed by atoms with Crippen LogP contribution in [-0.2, 0) is 4.79 Å². The van der Waals surface area contributed by atoms with Crippen LogP contribution in [0.4, 0.5) is 8.78 Å². The van der Waals surface area contributed by atoms with Gasteiger partial charge in [0.2, 0.25) is 5.91 Å². The first-order chi connectivity index (χ1) is 8.08. The number of hydrogen-bond acceptors (Lipinski definition) is 2. The first-order valence-corrected chi connectivity index (χ1v) is 5.48. The van der Waals surface area contributed by atoms with Gasteiger partial charge in [0, 0.05) is 18.0 Å². The average Bonchev–Trinajstić information content (AvgIpc) is 3.12. The second kappa shape index (κ2) is 4.79. The van der Waals surface area contributed by atoms with E-state index in [0.29, 0.717) is 0 Å². The fourth-order valence-electron chi connectivity index (χ4n) is 1.57. The highest BCUT2D eigenvalue weighted by Gasteiger charge is 2.29. The highest BCUT2D eigenvalue weighted by Crippen LogP contribution is 2.29. The monoisotopic (exact) mass is 241 g/mol. The van der Waals surface area contributed by atoms with Crippen LogP contribution in [0.5, 0.6) is 0 Å². The minimum atomic E-state index is -1.23. The molecule has 3 nitrogen and oxygen atoms in total. The smallest absolute Gasteiger partial charge is 0.223 e. The van der Waals surface area contributed by atoms with Gasteiger partial charge in [-0.25, -0.2) is 8.78 Å². The number of aliphatic hydroxyl groups is 1. The molecular formula is C12H13F2NO2. The number of halogens is 2. The van der Waals surface area contributed by atoms with Gasteiger partial charge >= 0.3 is 0 Å². The largest absolute Gasteiger partial charge is 0.386 e. The third-order valence-electron chi connectivity index (χ3n) is 2.73. The Balaban J connectivity index is 1.96. The number of aliphatic hydroxyl groups excluding tert-OH is 1. The minimum Gasteiger partial charge on any atom is -0.386 e. The van der Waals surface area contributed by atoms with Crippen molar-refractivity contribution in [2.75, 3.05) is 6.54 Å². The summed E-state index contributed by atoms with van der Waals surface area (Å²) in [7, 11) is 0. The number of benzene rings is 1. The van der Waals surface area contributed by atoms with E-state index < -0.39 is 17.7 Å². The lowest BCUT2D eigenvalue weighted by Gasteiger charge is -2.13. The van der Waals surface area contributed by atoms with Gasteiger partial charge in [-0.05, 0) is 31.0 Å². The molecule has 0 aromatic heterocycles. The van der Waals surface area contributed by atoms with E-state index in [2.05, 4.69) is 5.32 Å². The van der Waals surface area contributed by atoms with Gasteiger partial charge in [0.1, 0.15) is 11.6 Å². The Morgan fingerprint density at radius 1 is 1.47 bits per heavy atom. The summed E-state index contributed by atoms with van der Waals surface area (Å²) in [5.74, 6) is -1.41. The van der Waals surface area contributed by atoms with Gasteiger partial charge in [-0.15, -0.1) is 0 Å². The first-order valence-electron chi connectivity index (χ1n) is 5.48. The fourth-order valence-corrected chi connectivity index (χ4v) is 1.57. The zero-order valence-corrected chi connectivity index (χ0v) is 9.12. The molecule has 0 aliphatic heterocycles. The Hall–Kier alpha value is -1.49. The van der Waals surface area contributed by atoms with E-state index in [1.165, 1.54) is 0 Å². The van der Waals surface area contributed by atoms with Crippen molar-refractivity contribution in [3.8, 4) is 0 Å². The average molecular weight is 241 g/mol. The molecule has 1 aliphatic rings. The summed E-state index contributed by atoms with van der Waals surface area (Å²) in [6.45, 7) is -0.101. The van der Waals surface area contributed by atoms with Gasteiger partial charge < -0.3 is 10.4 Å². The van der Waals surface area contributed by atoms with E-state index in [0.717, 1.165) is 31.0 Å². The molecule has 1 aromatic rings. The van der Waals surface area contributed by atoms with Crippen molar-refractivity contribution in [2.45, 2.75) is 18.9 Å². The molecular weight excluding hydrogens is 228 g/mol. The number of carbonyl (C=O) groups is 1. The molecule has 1 aliphatic carbocycles. The third-order valence-corrected chi connectivity index (χ3v) is 2.73. The maximum Gasteiger partial charge on any atom is 0.223 e. The maximum absolute atomic E-state index is 13.3. The van der Waals surface area contributed by atoms with Gasteiger partial charge in [0.25, 0.3) is 0 Å². The maximum atomic E-state index is 13.3. The van der Waals surface area contributed by atoms with E-state index in [4.69, 9.17) is 0 Å². The van der Waals surface area contributed by atoms with E-state index in [9.17, 15) is 18.7 Å². The fraction of sp³-hybridized carbons (Fsp3) is 0.417. The van der Waals surface area contributed by atoms with E-state index in [-0.39, 0.29) is 23.9 Å². The van der Waals surface area contributed by atoms with Gasteiger partial charge in [-0.2, -0.15) is 0 Å². The topological polar surface area (TPSA) is 49.3 Å². The summed E-state index contributed by atoms with van der Waals surface area (Å²) in [5, 5.41) is 12.2. The van der Waals surface area contributed by atoms with Gasteiger partial charge in [0.15, 0.2) is 0 Å². The molecule has 0 heterocycles. The molecule has 5 heteroatoms. The molecule has 0 radical (unpaired) electrons. The summed E-state index contributed by atoms with van der Waals surface area (Å²) in [4.78, 5) is 11.3. The van der Waals surface area contributed by atoms with E-state index in [1.807, 2.05) is 0 Å². The van der Waals surface area contributed by atoms with Gasteiger partial charge in [-0.1, -0.05) is 0 Å². The summed E-state index contributed by atoms with van der Waals surface area (Å²) in [5.41, 5.74) is -0.138. The predicted molar refractivity (Wildman–Crippen MR) is 57.1 cm³/mol. The standard InChI is InChI=1S/C12H13F2NO2/c13-8-3-4-10(14)9(5-8)11(16)6-15-12(17)7-1-2-7/h3-5,7,11,16H,1-2,6H2,(H,15,17). The van der Waals surface area contributed by atoms with Crippen LogP contribution < -0.4 is 5.32 Å². The van der Waals surface area contributed by atoms with Crippen LogP contribution in [0.1, 0.15) is 24.5 Å². The van der Waals surface area contributed by atoms with E-state index >= 15 is 0 Å². The van der Waals surface area contributed by atoms with Crippen molar-refractivity contribution in [3.05, 3.63) is 35.4 Å².